The average Bonchev–Trinajstić information content (AvgIpc) is 3.48. The van der Waals surface area contributed by atoms with Crippen LogP contribution in [0.4, 0.5) is 15.8 Å². The molecule has 0 radical (unpaired) electrons. The first kappa shape index (κ1) is 21.3. The third-order valence-corrected chi connectivity index (χ3v) is 5.54. The number of aromatic nitrogens is 2. The van der Waals surface area contributed by atoms with Gasteiger partial charge in [0.15, 0.2) is 5.82 Å². The van der Waals surface area contributed by atoms with Gasteiger partial charge in [-0.05, 0) is 61.9 Å². The maximum Gasteiger partial charge on any atom is 0.277 e. The van der Waals surface area contributed by atoms with E-state index in [9.17, 15) is 4.79 Å². The summed E-state index contributed by atoms with van der Waals surface area (Å²) in [4.78, 5) is 22.5. The third-order valence-electron chi connectivity index (χ3n) is 5.30. The van der Waals surface area contributed by atoms with Crippen LogP contribution in [-0.4, -0.2) is 22.1 Å². The molecule has 1 saturated carbocycles. The molecule has 1 aliphatic carbocycles. The number of rotatable bonds is 9. The van der Waals surface area contributed by atoms with E-state index in [1.54, 1.807) is 41.2 Å². The van der Waals surface area contributed by atoms with Gasteiger partial charge < -0.3 is 9.88 Å². The van der Waals surface area contributed by atoms with E-state index in [2.05, 4.69) is 22.4 Å². The molecule has 6 nitrogen and oxygen atoms in total. The van der Waals surface area contributed by atoms with Crippen LogP contribution in [0.5, 0.6) is 0 Å². The van der Waals surface area contributed by atoms with Crippen molar-refractivity contribution in [3.63, 3.8) is 0 Å². The molecule has 1 aromatic heterocycles. The van der Waals surface area contributed by atoms with Gasteiger partial charge in [-0.1, -0.05) is 17.7 Å². The number of aryl methyl sites for hydroxylation is 2. The van der Waals surface area contributed by atoms with E-state index in [4.69, 9.17) is 16.4 Å². The number of carbonyl (C=O) groups excluding carboxylic acids is 1. The van der Waals surface area contributed by atoms with Gasteiger partial charge in [-0.2, -0.15) is 0 Å². The van der Waals surface area contributed by atoms with Crippen molar-refractivity contribution in [1.82, 2.24) is 15.0 Å². The summed E-state index contributed by atoms with van der Waals surface area (Å²) in [7, 11) is 0. The maximum absolute atomic E-state index is 15.6. The van der Waals surface area contributed by atoms with E-state index < -0.39 is 11.7 Å². The molecule has 0 atom stereocenters. The summed E-state index contributed by atoms with van der Waals surface area (Å²) in [5, 5.41) is 3.63. The van der Waals surface area contributed by atoms with Gasteiger partial charge in [0, 0.05) is 17.3 Å². The molecule has 1 aliphatic rings. The zero-order chi connectivity index (χ0) is 22.0. The number of fused-ring (bicyclic) bond motifs is 1. The highest BCUT2D eigenvalue weighted by atomic mass is 35.5. The third kappa shape index (κ3) is 4.73. The molecular formula is C23H24ClFN4O2. The Hall–Kier alpha value is -2.90. The number of anilines is 2. The highest BCUT2D eigenvalue weighted by molar-refractivity contribution is 6.30. The number of carbonyl (C=O) groups is 1. The molecule has 31 heavy (non-hydrogen) atoms. The van der Waals surface area contributed by atoms with Gasteiger partial charge in [0.1, 0.15) is 5.52 Å². The molecule has 4 rings (SSSR count). The number of imidazole rings is 1. The van der Waals surface area contributed by atoms with E-state index in [1.165, 1.54) is 0 Å². The number of nitrogens with one attached hydrogen (secondary N) is 2. The van der Waals surface area contributed by atoms with Gasteiger partial charge >= 0.3 is 0 Å². The molecule has 1 amide bonds. The zero-order valence-electron chi connectivity index (χ0n) is 17.3. The number of hydrogen-bond donors (Lipinski definition) is 2. The lowest BCUT2D eigenvalue weighted by atomic mass is 10.1. The molecule has 2 N–H and O–H groups in total. The Kier molecular flexibility index (Phi) is 6.25. The van der Waals surface area contributed by atoms with Crippen LogP contribution in [0.15, 0.2) is 43.2 Å². The number of amides is 1. The fourth-order valence-electron chi connectivity index (χ4n) is 3.33. The molecule has 2 aromatic carbocycles. The lowest BCUT2D eigenvalue weighted by Crippen LogP contribution is -2.26. The van der Waals surface area contributed by atoms with Crippen LogP contribution >= 0.6 is 11.6 Å². The first-order valence-electron chi connectivity index (χ1n) is 10.2. The molecule has 1 fully saturated rings. The maximum atomic E-state index is 15.6. The van der Waals surface area contributed by atoms with Gasteiger partial charge in [0.25, 0.3) is 5.91 Å². The molecule has 0 saturated heterocycles. The van der Waals surface area contributed by atoms with Gasteiger partial charge in [-0.25, -0.2) is 14.9 Å². The molecule has 8 heteroatoms. The number of allylic oxidation sites excluding steroid dienone is 1. The Bertz CT molecular complexity index is 1140. The Morgan fingerprint density at radius 1 is 1.42 bits per heavy atom. The lowest BCUT2D eigenvalue weighted by Gasteiger charge is -2.16. The van der Waals surface area contributed by atoms with Crippen LogP contribution in [0.1, 0.15) is 35.2 Å². The van der Waals surface area contributed by atoms with E-state index in [0.29, 0.717) is 41.7 Å². The second kappa shape index (κ2) is 9.08. The number of nitrogens with zero attached hydrogens (tertiary/aromatic N) is 2. The highest BCUT2D eigenvalue weighted by Crippen LogP contribution is 2.33. The van der Waals surface area contributed by atoms with Crippen molar-refractivity contribution in [2.45, 2.75) is 32.7 Å². The summed E-state index contributed by atoms with van der Waals surface area (Å²) >= 11 is 6.04. The van der Waals surface area contributed by atoms with Crippen molar-refractivity contribution in [3.8, 4) is 0 Å². The van der Waals surface area contributed by atoms with E-state index >= 15 is 4.39 Å². The SMILES string of the molecule is C=CCCn1cnc2c(F)c(Nc3ccc(Cl)cc3C)c(C(=O)NOCC3CC3)cc21. The van der Waals surface area contributed by atoms with Crippen LogP contribution in [0, 0.1) is 18.7 Å². The quantitative estimate of drug-likeness (QED) is 0.338. The first-order valence-corrected chi connectivity index (χ1v) is 10.6. The van der Waals surface area contributed by atoms with Crippen molar-refractivity contribution in [1.29, 1.82) is 0 Å². The summed E-state index contributed by atoms with van der Waals surface area (Å²) in [6, 6.07) is 6.85. The number of hydroxylamine groups is 1. The van der Waals surface area contributed by atoms with Gasteiger partial charge in [0.2, 0.25) is 0 Å². The van der Waals surface area contributed by atoms with Crippen LogP contribution in [-0.2, 0) is 11.4 Å². The molecule has 162 valence electrons. The molecule has 3 aromatic rings. The largest absolute Gasteiger partial charge is 0.352 e. The van der Waals surface area contributed by atoms with Crippen molar-refractivity contribution >= 4 is 39.9 Å². The molecule has 0 bridgehead atoms. The van der Waals surface area contributed by atoms with Crippen molar-refractivity contribution in [3.05, 3.63) is 65.2 Å². The monoisotopic (exact) mass is 442 g/mol. The molecule has 1 heterocycles. The predicted octanol–water partition coefficient (Wildman–Crippen LogP) is 5.53. The number of halogens is 2. The molecule has 0 aliphatic heterocycles. The Labute approximate surface area is 185 Å². The predicted molar refractivity (Wildman–Crippen MR) is 120 cm³/mol. The van der Waals surface area contributed by atoms with Crippen molar-refractivity contribution in [2.75, 3.05) is 11.9 Å². The normalized spacial score (nSPS) is 13.4. The van der Waals surface area contributed by atoms with Crippen LogP contribution in [0.25, 0.3) is 11.0 Å². The lowest BCUT2D eigenvalue weighted by molar-refractivity contribution is 0.0271. The first-order chi connectivity index (χ1) is 15.0. The summed E-state index contributed by atoms with van der Waals surface area (Å²) in [5.74, 6) is -0.641. The fraction of sp³-hybridized carbons (Fsp3) is 0.304. The average molecular weight is 443 g/mol. The number of benzene rings is 2. The summed E-state index contributed by atoms with van der Waals surface area (Å²) in [6.45, 7) is 6.61. The Balaban J connectivity index is 1.74. The minimum absolute atomic E-state index is 0.0411. The van der Waals surface area contributed by atoms with Crippen molar-refractivity contribution < 1.29 is 14.0 Å². The second-order valence-electron chi connectivity index (χ2n) is 7.77. The minimum Gasteiger partial charge on any atom is -0.352 e. The summed E-state index contributed by atoms with van der Waals surface area (Å²) in [5.41, 5.74) is 4.81. The van der Waals surface area contributed by atoms with Crippen molar-refractivity contribution in [2.24, 2.45) is 5.92 Å². The molecule has 0 spiro atoms. The summed E-state index contributed by atoms with van der Waals surface area (Å²) in [6.07, 6.45) is 6.24. The molecule has 0 unspecified atom stereocenters. The van der Waals surface area contributed by atoms with Crippen LogP contribution in [0.2, 0.25) is 5.02 Å². The van der Waals surface area contributed by atoms with Crippen LogP contribution < -0.4 is 10.8 Å². The Morgan fingerprint density at radius 3 is 2.94 bits per heavy atom. The summed E-state index contributed by atoms with van der Waals surface area (Å²) < 4.78 is 17.4. The highest BCUT2D eigenvalue weighted by Gasteiger charge is 2.24. The minimum atomic E-state index is -0.600. The molecular weight excluding hydrogens is 419 g/mol. The standard InChI is InChI=1S/C23H24ClFN4O2/c1-3-4-9-29-13-26-22-19(29)11-17(23(30)28-31-12-15-5-6-15)21(20(22)25)27-18-8-7-16(24)10-14(18)2/h3,7-8,10-11,13,15,27H,1,4-6,9,12H2,2H3,(H,28,30). The van der Waals surface area contributed by atoms with E-state index in [-0.39, 0.29) is 16.8 Å². The van der Waals surface area contributed by atoms with Gasteiger partial charge in [0.05, 0.1) is 29.7 Å². The Morgan fingerprint density at radius 2 is 2.23 bits per heavy atom. The van der Waals surface area contributed by atoms with Gasteiger partial charge in [-0.15, -0.1) is 6.58 Å². The fourth-order valence-corrected chi connectivity index (χ4v) is 3.56. The van der Waals surface area contributed by atoms with E-state index in [0.717, 1.165) is 18.4 Å². The number of hydrogen-bond acceptors (Lipinski definition) is 4. The topological polar surface area (TPSA) is 68.2 Å². The van der Waals surface area contributed by atoms with Crippen LogP contribution in [0.3, 0.4) is 0 Å². The smallest absolute Gasteiger partial charge is 0.277 e. The van der Waals surface area contributed by atoms with E-state index in [1.807, 2.05) is 6.92 Å². The van der Waals surface area contributed by atoms with Gasteiger partial charge in [-0.3, -0.25) is 9.63 Å². The zero-order valence-corrected chi connectivity index (χ0v) is 18.0. The second-order valence-corrected chi connectivity index (χ2v) is 8.20.